The minimum absolute atomic E-state index is 0.0276. The maximum atomic E-state index is 12.9. The number of sulfonamides is 1. The van der Waals surface area contributed by atoms with E-state index in [0.29, 0.717) is 10.7 Å². The van der Waals surface area contributed by atoms with E-state index in [1.807, 2.05) is 0 Å². The molecule has 2 aromatic carbocycles. The zero-order chi connectivity index (χ0) is 22.4. The van der Waals surface area contributed by atoms with Crippen LogP contribution in [0.5, 0.6) is 0 Å². The van der Waals surface area contributed by atoms with E-state index >= 15 is 0 Å². The first-order valence-corrected chi connectivity index (χ1v) is 12.0. The lowest BCUT2D eigenvalue weighted by atomic mass is 9.96. The summed E-state index contributed by atoms with van der Waals surface area (Å²) in [5.41, 5.74) is 0.727. The molecule has 3 rings (SSSR count). The van der Waals surface area contributed by atoms with Gasteiger partial charge in [-0.2, -0.15) is 4.31 Å². The Morgan fingerprint density at radius 3 is 2.32 bits per heavy atom. The highest BCUT2D eigenvalue weighted by Gasteiger charge is 2.28. The number of carbonyl (C=O) groups excluding carboxylic acids is 2. The first-order chi connectivity index (χ1) is 14.8. The van der Waals surface area contributed by atoms with Gasteiger partial charge >= 0.3 is 0 Å². The van der Waals surface area contributed by atoms with Gasteiger partial charge < -0.3 is 10.6 Å². The summed E-state index contributed by atoms with van der Waals surface area (Å²) in [5, 5.41) is 5.45. The number of hydrogen-bond donors (Lipinski definition) is 2. The smallest absolute Gasteiger partial charge is 0.253 e. The minimum Gasteiger partial charge on any atom is -0.343 e. The maximum Gasteiger partial charge on any atom is 0.253 e. The van der Waals surface area contributed by atoms with Crippen molar-refractivity contribution in [1.82, 2.24) is 9.62 Å². The van der Waals surface area contributed by atoms with Crippen molar-refractivity contribution in [2.45, 2.75) is 43.0 Å². The summed E-state index contributed by atoms with van der Waals surface area (Å²) in [5.74, 6) is -0.886. The molecule has 2 aromatic rings. The van der Waals surface area contributed by atoms with E-state index in [2.05, 4.69) is 10.6 Å². The first-order valence-electron chi connectivity index (χ1n) is 10.2. The molecule has 0 bridgehead atoms. The molecule has 1 saturated carbocycles. The van der Waals surface area contributed by atoms with Crippen LogP contribution < -0.4 is 10.6 Å². The molecule has 31 heavy (non-hydrogen) atoms. The quantitative estimate of drug-likeness (QED) is 0.655. The van der Waals surface area contributed by atoms with Gasteiger partial charge in [0, 0.05) is 18.8 Å². The molecule has 2 N–H and O–H groups in total. The summed E-state index contributed by atoms with van der Waals surface area (Å²) in [6.07, 6.45) is 5.00. The highest BCUT2D eigenvalue weighted by atomic mass is 35.5. The fourth-order valence-electron chi connectivity index (χ4n) is 3.62. The van der Waals surface area contributed by atoms with Gasteiger partial charge in [0.2, 0.25) is 15.9 Å². The highest BCUT2D eigenvalue weighted by Crippen LogP contribution is 2.27. The lowest BCUT2D eigenvalue weighted by Crippen LogP contribution is -2.38. The number of anilines is 1. The number of carbonyl (C=O) groups is 2. The number of halogens is 1. The lowest BCUT2D eigenvalue weighted by Gasteiger charge is -2.30. The van der Waals surface area contributed by atoms with Crippen molar-refractivity contribution >= 4 is 39.1 Å². The second-order valence-electron chi connectivity index (χ2n) is 7.55. The third kappa shape index (κ3) is 5.84. The summed E-state index contributed by atoms with van der Waals surface area (Å²) in [6.45, 7) is -0.242. The Bertz CT molecular complexity index is 1030. The van der Waals surface area contributed by atoms with Crippen LogP contribution in [0.3, 0.4) is 0 Å². The molecule has 0 atom stereocenters. The van der Waals surface area contributed by atoms with E-state index in [9.17, 15) is 18.0 Å². The van der Waals surface area contributed by atoms with E-state index in [-0.39, 0.29) is 23.0 Å². The lowest BCUT2D eigenvalue weighted by molar-refractivity contribution is -0.115. The van der Waals surface area contributed by atoms with E-state index in [0.717, 1.165) is 32.1 Å². The van der Waals surface area contributed by atoms with E-state index in [1.54, 1.807) is 31.3 Å². The van der Waals surface area contributed by atoms with Crippen molar-refractivity contribution < 1.29 is 18.0 Å². The number of rotatable bonds is 7. The van der Waals surface area contributed by atoms with Gasteiger partial charge in [0.15, 0.2) is 0 Å². The van der Waals surface area contributed by atoms with Crippen molar-refractivity contribution in [2.24, 2.45) is 0 Å². The summed E-state index contributed by atoms with van der Waals surface area (Å²) in [4.78, 5) is 24.5. The molecule has 0 unspecified atom stereocenters. The Morgan fingerprint density at radius 2 is 1.68 bits per heavy atom. The molecule has 2 amide bonds. The van der Waals surface area contributed by atoms with Crippen molar-refractivity contribution in [3.05, 3.63) is 59.1 Å². The fourth-order valence-corrected chi connectivity index (χ4v) is 5.26. The Kier molecular flexibility index (Phi) is 7.69. The molecule has 166 valence electrons. The molecule has 0 spiro atoms. The third-order valence-electron chi connectivity index (χ3n) is 5.43. The van der Waals surface area contributed by atoms with Gasteiger partial charge in [-0.3, -0.25) is 9.59 Å². The van der Waals surface area contributed by atoms with Gasteiger partial charge in [-0.25, -0.2) is 8.42 Å². The molecule has 1 fully saturated rings. The van der Waals surface area contributed by atoms with Gasteiger partial charge in [0.05, 0.1) is 22.0 Å². The SMILES string of the molecule is CN(C1CCCCC1)S(=O)(=O)c1ccc(NC(=O)CNC(=O)c2ccccc2Cl)cc1. The van der Waals surface area contributed by atoms with E-state index in [4.69, 9.17) is 11.6 Å². The second-order valence-corrected chi connectivity index (χ2v) is 9.95. The number of amides is 2. The predicted molar refractivity (Wildman–Crippen MR) is 121 cm³/mol. The topological polar surface area (TPSA) is 95.6 Å². The van der Waals surface area contributed by atoms with Gasteiger partial charge in [0.1, 0.15) is 0 Å². The molecular formula is C22H26ClN3O4S. The normalized spacial score (nSPS) is 14.9. The summed E-state index contributed by atoms with van der Waals surface area (Å²) in [7, 11) is -1.96. The Labute approximate surface area is 187 Å². The van der Waals surface area contributed by atoms with Gasteiger partial charge in [0.25, 0.3) is 5.91 Å². The van der Waals surface area contributed by atoms with Crippen molar-refractivity contribution in [3.8, 4) is 0 Å². The van der Waals surface area contributed by atoms with Crippen LogP contribution in [0.25, 0.3) is 0 Å². The van der Waals surface area contributed by atoms with Crippen LogP contribution in [0.4, 0.5) is 5.69 Å². The molecule has 0 heterocycles. The first kappa shape index (κ1) is 23.2. The Balaban J connectivity index is 1.56. The molecule has 0 aliphatic heterocycles. The van der Waals surface area contributed by atoms with Gasteiger partial charge in [-0.15, -0.1) is 0 Å². The number of benzene rings is 2. The largest absolute Gasteiger partial charge is 0.343 e. The second kappa shape index (κ2) is 10.3. The molecule has 9 heteroatoms. The number of nitrogens with zero attached hydrogens (tertiary/aromatic N) is 1. The third-order valence-corrected chi connectivity index (χ3v) is 7.69. The molecule has 1 aliphatic rings. The maximum absolute atomic E-state index is 12.9. The fraction of sp³-hybridized carbons (Fsp3) is 0.364. The molecule has 0 saturated heterocycles. The Morgan fingerprint density at radius 1 is 1.03 bits per heavy atom. The molecule has 7 nitrogen and oxygen atoms in total. The highest BCUT2D eigenvalue weighted by molar-refractivity contribution is 7.89. The van der Waals surface area contributed by atoms with Crippen molar-refractivity contribution in [1.29, 1.82) is 0 Å². The summed E-state index contributed by atoms with van der Waals surface area (Å²) >= 11 is 5.97. The molecular weight excluding hydrogens is 438 g/mol. The summed E-state index contributed by atoms with van der Waals surface area (Å²) < 4.78 is 27.2. The van der Waals surface area contributed by atoms with Crippen LogP contribution in [0, 0.1) is 0 Å². The minimum atomic E-state index is -3.59. The van der Waals surface area contributed by atoms with E-state index in [1.165, 1.54) is 28.6 Å². The van der Waals surface area contributed by atoms with Crippen LogP contribution in [0.1, 0.15) is 42.5 Å². The monoisotopic (exact) mass is 463 g/mol. The van der Waals surface area contributed by atoms with E-state index < -0.39 is 21.8 Å². The van der Waals surface area contributed by atoms with Gasteiger partial charge in [-0.05, 0) is 49.2 Å². The van der Waals surface area contributed by atoms with Crippen LogP contribution in [-0.4, -0.2) is 44.2 Å². The molecule has 0 aromatic heterocycles. The van der Waals surface area contributed by atoms with Crippen molar-refractivity contribution in [3.63, 3.8) is 0 Å². The van der Waals surface area contributed by atoms with Crippen molar-refractivity contribution in [2.75, 3.05) is 18.9 Å². The number of nitrogens with one attached hydrogen (secondary N) is 2. The zero-order valence-electron chi connectivity index (χ0n) is 17.3. The predicted octanol–water partition coefficient (Wildman–Crippen LogP) is 3.66. The van der Waals surface area contributed by atoms with Crippen LogP contribution in [0.15, 0.2) is 53.4 Å². The van der Waals surface area contributed by atoms with Crippen LogP contribution >= 0.6 is 11.6 Å². The average molecular weight is 464 g/mol. The molecule has 1 aliphatic carbocycles. The van der Waals surface area contributed by atoms with Crippen LogP contribution in [-0.2, 0) is 14.8 Å². The summed E-state index contributed by atoms with van der Waals surface area (Å²) in [6, 6.07) is 12.6. The Hall–Kier alpha value is -2.42. The number of hydrogen-bond acceptors (Lipinski definition) is 4. The van der Waals surface area contributed by atoms with Gasteiger partial charge in [-0.1, -0.05) is 43.0 Å². The molecule has 0 radical (unpaired) electrons. The standard InChI is InChI=1S/C22H26ClN3O4S/c1-26(17-7-3-2-4-8-17)31(29,30)18-13-11-16(12-14-18)25-21(27)15-24-22(28)19-9-5-6-10-20(19)23/h5-6,9-14,17H,2-4,7-8,15H2,1H3,(H,24,28)(H,25,27). The zero-order valence-corrected chi connectivity index (χ0v) is 18.9. The van der Waals surface area contributed by atoms with Crippen LogP contribution in [0.2, 0.25) is 5.02 Å². The average Bonchev–Trinajstić information content (AvgIpc) is 2.78.